The molecule has 2 rings (SSSR count). The highest BCUT2D eigenvalue weighted by molar-refractivity contribution is 6.03. The van der Waals surface area contributed by atoms with Crippen LogP contribution in [0.25, 0.3) is 6.08 Å². The summed E-state index contributed by atoms with van der Waals surface area (Å²) in [6.45, 7) is 0. The number of carboxylic acid groups (broad SMARTS) is 1. The molecular formula is C19H18N2O4. The van der Waals surface area contributed by atoms with Crippen LogP contribution in [0.5, 0.6) is 0 Å². The van der Waals surface area contributed by atoms with E-state index in [2.05, 4.69) is 10.5 Å². The fraction of sp³-hybridized carbons (Fsp3) is 0.105. The maximum atomic E-state index is 11.9. The highest BCUT2D eigenvalue weighted by atomic mass is 16.4. The van der Waals surface area contributed by atoms with Gasteiger partial charge in [0.1, 0.15) is 0 Å². The molecule has 0 unspecified atom stereocenters. The molecule has 0 aliphatic heterocycles. The number of benzene rings is 2. The molecule has 0 radical (unpaired) electrons. The van der Waals surface area contributed by atoms with Crippen molar-refractivity contribution in [2.75, 3.05) is 5.32 Å². The lowest BCUT2D eigenvalue weighted by molar-refractivity contribution is -0.136. The van der Waals surface area contributed by atoms with Crippen LogP contribution in [0.3, 0.4) is 0 Å². The summed E-state index contributed by atoms with van der Waals surface area (Å²) in [5, 5.41) is 23.6. The predicted octanol–water partition coefficient (Wildman–Crippen LogP) is 3.38. The number of aliphatic carboxylic acids is 1. The molecule has 1 amide bonds. The van der Waals surface area contributed by atoms with Gasteiger partial charge in [0.05, 0.1) is 12.1 Å². The van der Waals surface area contributed by atoms with Crippen LogP contribution in [0, 0.1) is 0 Å². The Balaban J connectivity index is 1.96. The average Bonchev–Trinajstić information content (AvgIpc) is 2.62. The molecular weight excluding hydrogens is 320 g/mol. The van der Waals surface area contributed by atoms with Crippen LogP contribution >= 0.6 is 0 Å². The largest absolute Gasteiger partial charge is 0.481 e. The highest BCUT2D eigenvalue weighted by Crippen LogP contribution is 2.13. The van der Waals surface area contributed by atoms with Gasteiger partial charge in [-0.15, -0.1) is 0 Å². The van der Waals surface area contributed by atoms with Gasteiger partial charge in [0.2, 0.25) is 5.91 Å². The third-order valence-corrected chi connectivity index (χ3v) is 3.41. The number of hydrogen-bond donors (Lipinski definition) is 3. The van der Waals surface area contributed by atoms with Crippen LogP contribution in [0.1, 0.15) is 24.0 Å². The lowest BCUT2D eigenvalue weighted by Crippen LogP contribution is -2.09. The van der Waals surface area contributed by atoms with Gasteiger partial charge in [0.25, 0.3) is 0 Å². The van der Waals surface area contributed by atoms with Gasteiger partial charge in [-0.1, -0.05) is 47.6 Å². The highest BCUT2D eigenvalue weighted by Gasteiger charge is 2.08. The molecule has 2 aromatic rings. The standard InChI is InChI=1S/C19H18N2O4/c22-18(12-6-14-4-2-1-3-5-14)20-16-9-7-15(8-10-16)17(21-25)11-13-19(23)24/h1-10,12,25H,11,13H2,(H,20,22)(H,23,24). The number of nitrogens with zero attached hydrogens (tertiary/aromatic N) is 1. The van der Waals surface area contributed by atoms with Gasteiger partial charge < -0.3 is 15.6 Å². The Bertz CT molecular complexity index is 781. The van der Waals surface area contributed by atoms with Gasteiger partial charge in [0.15, 0.2) is 0 Å². The molecule has 0 aliphatic carbocycles. The smallest absolute Gasteiger partial charge is 0.303 e. The number of hydrogen-bond acceptors (Lipinski definition) is 4. The Morgan fingerprint density at radius 1 is 1.00 bits per heavy atom. The predicted molar refractivity (Wildman–Crippen MR) is 95.7 cm³/mol. The Hall–Kier alpha value is -3.41. The lowest BCUT2D eigenvalue weighted by atomic mass is 10.1. The molecule has 25 heavy (non-hydrogen) atoms. The number of amides is 1. The number of carboxylic acids is 1. The van der Waals surface area contributed by atoms with Crippen molar-refractivity contribution in [3.8, 4) is 0 Å². The van der Waals surface area contributed by atoms with Crippen LogP contribution < -0.4 is 5.32 Å². The van der Waals surface area contributed by atoms with Gasteiger partial charge in [0, 0.05) is 18.2 Å². The summed E-state index contributed by atoms with van der Waals surface area (Å²) >= 11 is 0. The molecule has 3 N–H and O–H groups in total. The number of anilines is 1. The molecule has 128 valence electrons. The van der Waals surface area contributed by atoms with Gasteiger partial charge >= 0.3 is 5.97 Å². The second-order valence-electron chi connectivity index (χ2n) is 5.25. The van der Waals surface area contributed by atoms with Crippen molar-refractivity contribution < 1.29 is 19.9 Å². The minimum atomic E-state index is -0.963. The van der Waals surface area contributed by atoms with Crippen molar-refractivity contribution in [2.24, 2.45) is 5.16 Å². The van der Waals surface area contributed by atoms with Crippen molar-refractivity contribution in [1.29, 1.82) is 0 Å². The number of rotatable bonds is 7. The molecule has 0 bridgehead atoms. The van der Waals surface area contributed by atoms with E-state index in [1.807, 2.05) is 30.3 Å². The third-order valence-electron chi connectivity index (χ3n) is 3.41. The Morgan fingerprint density at radius 3 is 2.28 bits per heavy atom. The summed E-state index contributed by atoms with van der Waals surface area (Å²) < 4.78 is 0. The molecule has 0 atom stereocenters. The summed E-state index contributed by atoms with van der Waals surface area (Å²) in [7, 11) is 0. The van der Waals surface area contributed by atoms with Crippen LogP contribution in [0.2, 0.25) is 0 Å². The maximum Gasteiger partial charge on any atom is 0.303 e. The fourth-order valence-electron chi connectivity index (χ4n) is 2.14. The van der Waals surface area contributed by atoms with Crippen LogP contribution in [-0.2, 0) is 9.59 Å². The molecule has 0 fully saturated rings. The quantitative estimate of drug-likeness (QED) is 0.312. The van der Waals surface area contributed by atoms with Crippen molar-refractivity contribution in [3.63, 3.8) is 0 Å². The molecule has 0 aromatic heterocycles. The van der Waals surface area contributed by atoms with E-state index in [-0.39, 0.29) is 24.5 Å². The SMILES string of the molecule is O=C(O)CCC(=NO)c1ccc(NC(=O)C=Cc2ccccc2)cc1. The van der Waals surface area contributed by atoms with E-state index in [0.717, 1.165) is 5.56 Å². The Kier molecular flexibility index (Phi) is 6.47. The van der Waals surface area contributed by atoms with Crippen LogP contribution in [-0.4, -0.2) is 27.9 Å². The van der Waals surface area contributed by atoms with E-state index in [1.54, 1.807) is 30.3 Å². The molecule has 0 spiro atoms. The molecule has 6 nitrogen and oxygen atoms in total. The molecule has 0 saturated heterocycles. The summed E-state index contributed by atoms with van der Waals surface area (Å²) in [5.74, 6) is -1.23. The zero-order valence-electron chi connectivity index (χ0n) is 13.4. The van der Waals surface area contributed by atoms with Gasteiger partial charge in [-0.05, 0) is 29.3 Å². The van der Waals surface area contributed by atoms with Crippen LogP contribution in [0.15, 0.2) is 65.8 Å². The average molecular weight is 338 g/mol. The lowest BCUT2D eigenvalue weighted by Gasteiger charge is -2.06. The minimum Gasteiger partial charge on any atom is -0.481 e. The molecule has 2 aromatic carbocycles. The zero-order chi connectivity index (χ0) is 18.1. The molecule has 6 heteroatoms. The molecule has 0 saturated carbocycles. The van der Waals surface area contributed by atoms with E-state index in [9.17, 15) is 9.59 Å². The fourth-order valence-corrected chi connectivity index (χ4v) is 2.14. The second kappa shape index (κ2) is 9.02. The van der Waals surface area contributed by atoms with Gasteiger partial charge in [-0.2, -0.15) is 0 Å². The first-order valence-corrected chi connectivity index (χ1v) is 7.66. The number of carbonyl (C=O) groups is 2. The summed E-state index contributed by atoms with van der Waals surface area (Å²) in [5.41, 5.74) is 2.39. The minimum absolute atomic E-state index is 0.122. The zero-order valence-corrected chi connectivity index (χ0v) is 13.4. The normalized spacial score (nSPS) is 11.4. The topological polar surface area (TPSA) is 99.0 Å². The van der Waals surface area contributed by atoms with E-state index in [1.165, 1.54) is 6.08 Å². The van der Waals surface area contributed by atoms with E-state index in [4.69, 9.17) is 10.3 Å². The molecule has 0 heterocycles. The first-order valence-electron chi connectivity index (χ1n) is 7.66. The summed E-state index contributed by atoms with van der Waals surface area (Å²) in [4.78, 5) is 22.5. The van der Waals surface area contributed by atoms with Crippen molar-refractivity contribution in [1.82, 2.24) is 0 Å². The van der Waals surface area contributed by atoms with E-state index >= 15 is 0 Å². The second-order valence-corrected chi connectivity index (χ2v) is 5.25. The summed E-state index contributed by atoms with van der Waals surface area (Å²) in [6, 6.07) is 16.1. The Morgan fingerprint density at radius 2 is 1.68 bits per heavy atom. The monoisotopic (exact) mass is 338 g/mol. The van der Waals surface area contributed by atoms with Crippen molar-refractivity contribution >= 4 is 29.4 Å². The Labute approximate surface area is 145 Å². The van der Waals surface area contributed by atoms with E-state index in [0.29, 0.717) is 11.3 Å². The van der Waals surface area contributed by atoms with Gasteiger partial charge in [-0.25, -0.2) is 0 Å². The molecule has 0 aliphatic rings. The third kappa shape index (κ3) is 5.95. The van der Waals surface area contributed by atoms with Crippen molar-refractivity contribution in [2.45, 2.75) is 12.8 Å². The van der Waals surface area contributed by atoms with Crippen LogP contribution in [0.4, 0.5) is 5.69 Å². The first kappa shape index (κ1) is 17.9. The first-order chi connectivity index (χ1) is 12.1. The number of oxime groups is 1. The van der Waals surface area contributed by atoms with Crippen molar-refractivity contribution in [3.05, 3.63) is 71.8 Å². The number of nitrogens with one attached hydrogen (secondary N) is 1. The number of carbonyl (C=O) groups excluding carboxylic acids is 1. The van der Waals surface area contributed by atoms with Gasteiger partial charge in [-0.3, -0.25) is 9.59 Å². The van der Waals surface area contributed by atoms with E-state index < -0.39 is 5.97 Å². The maximum absolute atomic E-state index is 11.9. The summed E-state index contributed by atoms with van der Waals surface area (Å²) in [6.07, 6.45) is 3.16.